The number of benzene rings is 2. The molecule has 0 spiro atoms. The average molecular weight is 493 g/mol. The van der Waals surface area contributed by atoms with Gasteiger partial charge in [-0.3, -0.25) is 9.13 Å². The molecule has 38 heavy (non-hydrogen) atoms. The number of hydrogen-bond donors (Lipinski definition) is 0. The Morgan fingerprint density at radius 1 is 0.553 bits per heavy atom. The molecule has 0 bridgehead atoms. The van der Waals surface area contributed by atoms with Crippen LogP contribution in [-0.4, -0.2) is 34.1 Å². The molecule has 0 aliphatic carbocycles. The molecule has 9 nitrogen and oxygen atoms in total. The van der Waals surface area contributed by atoms with Gasteiger partial charge in [-0.15, -0.1) is 0 Å². The van der Waals surface area contributed by atoms with Gasteiger partial charge in [0.15, 0.2) is 0 Å². The number of aromatic nitrogens is 7. The van der Waals surface area contributed by atoms with E-state index in [-0.39, 0.29) is 0 Å². The summed E-state index contributed by atoms with van der Waals surface area (Å²) in [6.07, 6.45) is 6.69. The number of rotatable bonds is 2. The first-order valence-electron chi connectivity index (χ1n) is 12.1. The maximum Gasteiger partial charge on any atom is 0.216 e. The molecule has 0 aliphatic heterocycles. The minimum absolute atomic E-state index is 0.666. The monoisotopic (exact) mass is 493 g/mol. The van der Waals surface area contributed by atoms with Gasteiger partial charge < -0.3 is 8.83 Å². The third kappa shape index (κ3) is 2.42. The van der Waals surface area contributed by atoms with Crippen LogP contribution >= 0.6 is 0 Å². The zero-order valence-corrected chi connectivity index (χ0v) is 19.6. The minimum Gasteiger partial charge on any atom is -0.439 e. The van der Waals surface area contributed by atoms with Crippen molar-refractivity contribution in [2.45, 2.75) is 0 Å². The van der Waals surface area contributed by atoms with Crippen molar-refractivity contribution in [1.82, 2.24) is 34.1 Å². The summed E-state index contributed by atoms with van der Waals surface area (Å²) < 4.78 is 16.6. The molecule has 0 radical (unpaired) electrons. The fourth-order valence-corrected chi connectivity index (χ4v) is 5.53. The highest BCUT2D eigenvalue weighted by Crippen LogP contribution is 2.39. The summed E-state index contributed by atoms with van der Waals surface area (Å²) in [7, 11) is 0. The molecule has 0 atom stereocenters. The van der Waals surface area contributed by atoms with Crippen molar-refractivity contribution in [1.29, 1.82) is 0 Å². The van der Waals surface area contributed by atoms with Crippen LogP contribution in [0.25, 0.3) is 77.8 Å². The van der Waals surface area contributed by atoms with Crippen LogP contribution < -0.4 is 0 Å². The summed E-state index contributed by atoms with van der Waals surface area (Å²) >= 11 is 0. The van der Waals surface area contributed by atoms with Crippen molar-refractivity contribution in [3.8, 4) is 11.6 Å². The lowest BCUT2D eigenvalue weighted by molar-refractivity contribution is 0.640. The Hall–Kier alpha value is -5.57. The van der Waals surface area contributed by atoms with Crippen LogP contribution in [0.2, 0.25) is 0 Å². The van der Waals surface area contributed by atoms with Crippen LogP contribution in [0.1, 0.15) is 0 Å². The van der Waals surface area contributed by atoms with Crippen molar-refractivity contribution in [3.05, 3.63) is 91.8 Å². The van der Waals surface area contributed by atoms with Gasteiger partial charge in [0, 0.05) is 10.8 Å². The second-order valence-corrected chi connectivity index (χ2v) is 9.09. The van der Waals surface area contributed by atoms with Crippen LogP contribution in [0, 0.1) is 0 Å². The lowest BCUT2D eigenvalue weighted by Gasteiger charge is -2.09. The number of nitrogens with zero attached hydrogens (tertiary/aromatic N) is 7. The number of furan rings is 2. The minimum atomic E-state index is 0.666. The molecule has 0 amide bonds. The first-order valence-corrected chi connectivity index (χ1v) is 12.1. The normalized spacial score (nSPS) is 12.2. The van der Waals surface area contributed by atoms with E-state index in [0.717, 1.165) is 54.8 Å². The zero-order valence-electron chi connectivity index (χ0n) is 19.6. The summed E-state index contributed by atoms with van der Waals surface area (Å²) in [6.45, 7) is 0. The Labute approximate surface area is 212 Å². The van der Waals surface area contributed by atoms with Crippen LogP contribution in [0.5, 0.6) is 0 Å². The van der Waals surface area contributed by atoms with Crippen molar-refractivity contribution >= 4 is 66.2 Å². The van der Waals surface area contributed by atoms with Gasteiger partial charge in [0.2, 0.25) is 11.4 Å². The molecule has 0 aliphatic rings. The van der Waals surface area contributed by atoms with Gasteiger partial charge in [0.25, 0.3) is 0 Å². The van der Waals surface area contributed by atoms with Crippen molar-refractivity contribution in [2.75, 3.05) is 0 Å². The van der Waals surface area contributed by atoms with Crippen LogP contribution in [-0.2, 0) is 0 Å². The fourth-order valence-electron chi connectivity index (χ4n) is 5.53. The van der Waals surface area contributed by atoms with Gasteiger partial charge in [0.05, 0.1) is 34.2 Å². The van der Waals surface area contributed by atoms with Crippen LogP contribution in [0.15, 0.2) is 101 Å². The second-order valence-electron chi connectivity index (χ2n) is 9.09. The molecular weight excluding hydrogens is 478 g/mol. The lowest BCUT2D eigenvalue weighted by Crippen LogP contribution is -2.03. The van der Waals surface area contributed by atoms with E-state index in [0.29, 0.717) is 23.1 Å². The molecule has 9 aromatic rings. The molecule has 0 saturated heterocycles. The third-order valence-electron chi connectivity index (χ3n) is 7.08. The van der Waals surface area contributed by atoms with E-state index in [9.17, 15) is 0 Å². The number of fused-ring (bicyclic) bond motifs is 10. The van der Waals surface area contributed by atoms with E-state index < -0.39 is 0 Å². The quantitative estimate of drug-likeness (QED) is 0.277. The van der Waals surface area contributed by atoms with Gasteiger partial charge in [-0.2, -0.15) is 0 Å². The van der Waals surface area contributed by atoms with Crippen molar-refractivity contribution in [3.63, 3.8) is 0 Å². The summed E-state index contributed by atoms with van der Waals surface area (Å²) in [5.41, 5.74) is 6.17. The van der Waals surface area contributed by atoms with Gasteiger partial charge in [0.1, 0.15) is 46.5 Å². The summed E-state index contributed by atoms with van der Waals surface area (Å²) in [5, 5.41) is 3.87. The molecule has 0 unspecified atom stereocenters. The number of hydrogen-bond acceptors (Lipinski definition) is 7. The zero-order chi connectivity index (χ0) is 24.8. The molecule has 9 heteroatoms. The molecule has 0 N–H and O–H groups in total. The Bertz CT molecular complexity index is 2210. The highest BCUT2D eigenvalue weighted by Gasteiger charge is 2.23. The van der Waals surface area contributed by atoms with E-state index in [1.54, 1.807) is 25.0 Å². The predicted molar refractivity (Wildman–Crippen MR) is 144 cm³/mol. The number of para-hydroxylation sites is 2. The summed E-state index contributed by atoms with van der Waals surface area (Å²) in [5.74, 6) is 1.33. The summed E-state index contributed by atoms with van der Waals surface area (Å²) in [4.78, 5) is 22.9. The van der Waals surface area contributed by atoms with Crippen molar-refractivity contribution < 1.29 is 8.83 Å². The Balaban J connectivity index is 1.37. The molecule has 0 saturated carbocycles. The van der Waals surface area contributed by atoms with Gasteiger partial charge in [-0.05, 0) is 24.3 Å². The highest BCUT2D eigenvalue weighted by atomic mass is 16.3. The van der Waals surface area contributed by atoms with Gasteiger partial charge in [-0.25, -0.2) is 24.9 Å². The first kappa shape index (κ1) is 19.6. The Morgan fingerprint density at radius 2 is 1.05 bits per heavy atom. The SMILES string of the molecule is c1cc(-n2c3cncnc3c3c4ccccc4oc32)nc(-n2c3cncnc3c3c4ccccc4oc32)c1. The Morgan fingerprint density at radius 3 is 1.58 bits per heavy atom. The maximum absolute atomic E-state index is 6.34. The predicted octanol–water partition coefficient (Wildman–Crippen LogP) is 6.35. The average Bonchev–Trinajstić information content (AvgIpc) is 3.69. The van der Waals surface area contributed by atoms with Crippen LogP contribution in [0.3, 0.4) is 0 Å². The summed E-state index contributed by atoms with van der Waals surface area (Å²) in [6, 6.07) is 21.8. The van der Waals surface area contributed by atoms with Gasteiger partial charge in [-0.1, -0.05) is 42.5 Å². The van der Waals surface area contributed by atoms with E-state index >= 15 is 0 Å². The Kier molecular flexibility index (Phi) is 3.62. The lowest BCUT2D eigenvalue weighted by atomic mass is 10.2. The van der Waals surface area contributed by atoms with Crippen molar-refractivity contribution in [2.24, 2.45) is 0 Å². The second kappa shape index (κ2) is 7.01. The van der Waals surface area contributed by atoms with E-state index in [2.05, 4.69) is 19.9 Å². The standard InChI is InChI=1S/C29H15N7O2/c1-3-8-20-16(6-1)24-26-18(12-30-14-32-26)35(28(24)37-20)22-10-5-11-23(34-22)36-19-13-31-15-33-27(19)25-17-7-2-4-9-21(17)38-29(25)36/h1-15H. The van der Waals surface area contributed by atoms with Gasteiger partial charge >= 0.3 is 0 Å². The largest absolute Gasteiger partial charge is 0.439 e. The smallest absolute Gasteiger partial charge is 0.216 e. The molecule has 2 aromatic carbocycles. The topological polar surface area (TPSA) is 101 Å². The molecule has 178 valence electrons. The van der Waals surface area contributed by atoms with E-state index in [1.807, 2.05) is 75.9 Å². The molecule has 7 heterocycles. The third-order valence-corrected chi connectivity index (χ3v) is 7.08. The molecule has 0 fully saturated rings. The maximum atomic E-state index is 6.34. The molecular formula is C29H15N7O2. The molecule has 7 aromatic heterocycles. The van der Waals surface area contributed by atoms with E-state index in [1.165, 1.54) is 0 Å². The first-order chi connectivity index (χ1) is 18.9. The number of pyridine rings is 1. The fraction of sp³-hybridized carbons (Fsp3) is 0. The van der Waals surface area contributed by atoms with Crippen LogP contribution in [0.4, 0.5) is 0 Å². The highest BCUT2D eigenvalue weighted by molar-refractivity contribution is 6.19. The molecule has 9 rings (SSSR count). The van der Waals surface area contributed by atoms with E-state index in [4.69, 9.17) is 13.8 Å².